The number of carbonyl (C=O) groups is 1. The smallest absolute Gasteiger partial charge is 0.252 e. The fraction of sp³-hybridized carbons (Fsp3) is 0.278. The van der Waals surface area contributed by atoms with Crippen LogP contribution in [0.2, 0.25) is 0 Å². The standard InChI is InChI=1S/C18H20INO3/c1-4-15(12-9-10-16(22-2)17(11-12)23-3)20-18(21)13-7-5-6-8-14(13)19/h5-11,15H,4H2,1-3H3,(H,20,21). The number of hydrogen-bond acceptors (Lipinski definition) is 3. The van der Waals surface area contributed by atoms with Crippen molar-refractivity contribution in [1.82, 2.24) is 5.32 Å². The molecule has 2 aromatic carbocycles. The van der Waals surface area contributed by atoms with Gasteiger partial charge in [0.25, 0.3) is 5.91 Å². The summed E-state index contributed by atoms with van der Waals surface area (Å²) in [6.45, 7) is 2.04. The Kier molecular flexibility index (Phi) is 6.27. The molecule has 0 fully saturated rings. The van der Waals surface area contributed by atoms with Gasteiger partial charge in [0, 0.05) is 3.57 Å². The molecule has 1 atom stereocenters. The molecule has 0 bridgehead atoms. The molecule has 5 heteroatoms. The van der Waals surface area contributed by atoms with Gasteiger partial charge in [0.05, 0.1) is 25.8 Å². The predicted octanol–water partition coefficient (Wildman–Crippen LogP) is 4.19. The van der Waals surface area contributed by atoms with Crippen molar-refractivity contribution in [2.75, 3.05) is 14.2 Å². The zero-order valence-corrected chi connectivity index (χ0v) is 15.6. The summed E-state index contributed by atoms with van der Waals surface area (Å²) in [6, 6.07) is 13.2. The zero-order chi connectivity index (χ0) is 16.8. The molecule has 0 saturated carbocycles. The monoisotopic (exact) mass is 425 g/mol. The second-order valence-electron chi connectivity index (χ2n) is 5.03. The van der Waals surface area contributed by atoms with E-state index in [-0.39, 0.29) is 11.9 Å². The molecular formula is C18H20INO3. The van der Waals surface area contributed by atoms with Crippen molar-refractivity contribution in [3.8, 4) is 11.5 Å². The molecule has 1 N–H and O–H groups in total. The van der Waals surface area contributed by atoms with E-state index in [0.717, 1.165) is 15.6 Å². The topological polar surface area (TPSA) is 47.6 Å². The number of benzene rings is 2. The molecule has 0 aliphatic carbocycles. The van der Waals surface area contributed by atoms with Crippen molar-refractivity contribution in [2.45, 2.75) is 19.4 Å². The van der Waals surface area contributed by atoms with E-state index in [0.29, 0.717) is 17.1 Å². The maximum atomic E-state index is 12.5. The Balaban J connectivity index is 2.23. The van der Waals surface area contributed by atoms with E-state index in [1.165, 1.54) is 0 Å². The van der Waals surface area contributed by atoms with E-state index in [2.05, 4.69) is 27.9 Å². The largest absolute Gasteiger partial charge is 0.493 e. The van der Waals surface area contributed by atoms with Crippen LogP contribution in [0.1, 0.15) is 35.3 Å². The van der Waals surface area contributed by atoms with Crippen LogP contribution in [0.25, 0.3) is 0 Å². The maximum absolute atomic E-state index is 12.5. The third-order valence-electron chi connectivity index (χ3n) is 3.64. The predicted molar refractivity (Wildman–Crippen MR) is 99.2 cm³/mol. The quantitative estimate of drug-likeness (QED) is 0.707. The second kappa shape index (κ2) is 8.19. The highest BCUT2D eigenvalue weighted by molar-refractivity contribution is 14.1. The minimum Gasteiger partial charge on any atom is -0.493 e. The first-order valence-corrected chi connectivity index (χ1v) is 8.45. The Bertz CT molecular complexity index is 688. The fourth-order valence-electron chi connectivity index (χ4n) is 2.37. The summed E-state index contributed by atoms with van der Waals surface area (Å²) in [7, 11) is 3.21. The molecule has 0 saturated heterocycles. The Labute approximate surface area is 150 Å². The van der Waals surface area contributed by atoms with Gasteiger partial charge in [-0.1, -0.05) is 25.1 Å². The van der Waals surface area contributed by atoms with E-state index in [9.17, 15) is 4.79 Å². The lowest BCUT2D eigenvalue weighted by atomic mass is 10.0. The van der Waals surface area contributed by atoms with E-state index in [1.807, 2.05) is 49.4 Å². The normalized spacial score (nSPS) is 11.7. The Morgan fingerprint density at radius 3 is 2.43 bits per heavy atom. The number of methoxy groups -OCH3 is 2. The second-order valence-corrected chi connectivity index (χ2v) is 6.19. The third kappa shape index (κ3) is 4.16. The summed E-state index contributed by atoms with van der Waals surface area (Å²) in [5.41, 5.74) is 1.68. The van der Waals surface area contributed by atoms with Crippen molar-refractivity contribution in [1.29, 1.82) is 0 Å². The number of nitrogens with one attached hydrogen (secondary N) is 1. The zero-order valence-electron chi connectivity index (χ0n) is 13.4. The first-order valence-electron chi connectivity index (χ1n) is 7.38. The molecule has 0 spiro atoms. The van der Waals surface area contributed by atoms with Crippen LogP contribution in [0.3, 0.4) is 0 Å². The van der Waals surface area contributed by atoms with E-state index < -0.39 is 0 Å². The highest BCUT2D eigenvalue weighted by atomic mass is 127. The first-order chi connectivity index (χ1) is 11.1. The highest BCUT2D eigenvalue weighted by Crippen LogP contribution is 2.31. The maximum Gasteiger partial charge on any atom is 0.252 e. The van der Waals surface area contributed by atoms with Crippen molar-refractivity contribution < 1.29 is 14.3 Å². The number of amides is 1. The van der Waals surface area contributed by atoms with Gasteiger partial charge in [-0.25, -0.2) is 0 Å². The van der Waals surface area contributed by atoms with Gasteiger partial charge in [-0.15, -0.1) is 0 Å². The molecule has 1 amide bonds. The molecule has 2 rings (SSSR count). The van der Waals surface area contributed by atoms with Crippen LogP contribution in [-0.2, 0) is 0 Å². The average molecular weight is 425 g/mol. The van der Waals surface area contributed by atoms with Gasteiger partial charge in [-0.3, -0.25) is 4.79 Å². The molecule has 122 valence electrons. The van der Waals surface area contributed by atoms with E-state index in [1.54, 1.807) is 14.2 Å². The Morgan fingerprint density at radius 1 is 1.13 bits per heavy atom. The van der Waals surface area contributed by atoms with Gasteiger partial charge in [-0.2, -0.15) is 0 Å². The highest BCUT2D eigenvalue weighted by Gasteiger charge is 2.17. The number of rotatable bonds is 6. The van der Waals surface area contributed by atoms with E-state index in [4.69, 9.17) is 9.47 Å². The van der Waals surface area contributed by atoms with Gasteiger partial charge >= 0.3 is 0 Å². The van der Waals surface area contributed by atoms with Crippen molar-refractivity contribution in [2.24, 2.45) is 0 Å². The van der Waals surface area contributed by atoms with Crippen LogP contribution in [0.5, 0.6) is 11.5 Å². The van der Waals surface area contributed by atoms with Gasteiger partial charge in [0.2, 0.25) is 0 Å². The number of hydrogen-bond donors (Lipinski definition) is 1. The fourth-order valence-corrected chi connectivity index (χ4v) is 3.00. The number of ether oxygens (including phenoxy) is 2. The molecule has 0 radical (unpaired) electrons. The summed E-state index contributed by atoms with van der Waals surface area (Å²) in [5.74, 6) is 1.26. The van der Waals surface area contributed by atoms with Crippen molar-refractivity contribution >= 4 is 28.5 Å². The molecule has 0 aliphatic heterocycles. The Morgan fingerprint density at radius 2 is 1.83 bits per heavy atom. The van der Waals surface area contributed by atoms with Gasteiger partial charge in [-0.05, 0) is 58.8 Å². The molecule has 1 unspecified atom stereocenters. The summed E-state index contributed by atoms with van der Waals surface area (Å²) in [6.07, 6.45) is 0.782. The van der Waals surface area contributed by atoms with Gasteiger partial charge in [0.1, 0.15) is 0 Å². The van der Waals surface area contributed by atoms with Crippen molar-refractivity contribution in [3.05, 3.63) is 57.2 Å². The average Bonchev–Trinajstić information content (AvgIpc) is 2.59. The molecule has 0 heterocycles. The lowest BCUT2D eigenvalue weighted by molar-refractivity contribution is 0.0934. The third-order valence-corrected chi connectivity index (χ3v) is 4.58. The van der Waals surface area contributed by atoms with E-state index >= 15 is 0 Å². The van der Waals surface area contributed by atoms with Crippen LogP contribution in [-0.4, -0.2) is 20.1 Å². The summed E-state index contributed by atoms with van der Waals surface area (Å²) in [4.78, 5) is 12.5. The number of halogens is 1. The lowest BCUT2D eigenvalue weighted by Crippen LogP contribution is -2.28. The summed E-state index contributed by atoms with van der Waals surface area (Å²) >= 11 is 2.17. The molecular weight excluding hydrogens is 405 g/mol. The van der Waals surface area contributed by atoms with Crippen LogP contribution < -0.4 is 14.8 Å². The van der Waals surface area contributed by atoms with Crippen molar-refractivity contribution in [3.63, 3.8) is 0 Å². The molecule has 0 aromatic heterocycles. The SMILES string of the molecule is CCC(NC(=O)c1ccccc1I)c1ccc(OC)c(OC)c1. The molecule has 4 nitrogen and oxygen atoms in total. The number of carbonyl (C=O) groups excluding carboxylic acids is 1. The molecule has 2 aromatic rings. The van der Waals surface area contributed by atoms with Crippen LogP contribution in [0, 0.1) is 3.57 Å². The van der Waals surface area contributed by atoms with Crippen LogP contribution in [0.15, 0.2) is 42.5 Å². The molecule has 23 heavy (non-hydrogen) atoms. The first kappa shape index (κ1) is 17.6. The Hall–Kier alpha value is -1.76. The summed E-state index contributed by atoms with van der Waals surface area (Å²) in [5, 5.41) is 3.09. The lowest BCUT2D eigenvalue weighted by Gasteiger charge is -2.19. The minimum atomic E-state index is -0.0849. The molecule has 0 aliphatic rings. The van der Waals surface area contributed by atoms with Gasteiger partial charge < -0.3 is 14.8 Å². The van der Waals surface area contributed by atoms with Crippen LogP contribution in [0.4, 0.5) is 0 Å². The minimum absolute atomic E-state index is 0.0726. The van der Waals surface area contributed by atoms with Crippen LogP contribution >= 0.6 is 22.6 Å². The van der Waals surface area contributed by atoms with Gasteiger partial charge in [0.15, 0.2) is 11.5 Å². The summed E-state index contributed by atoms with van der Waals surface area (Å²) < 4.78 is 11.5.